The molecule has 0 saturated carbocycles. The van der Waals surface area contributed by atoms with Crippen LogP contribution in [0.5, 0.6) is 0 Å². The number of amides is 2. The Labute approximate surface area is 175 Å². The molecular formula is C23H22ClN3O2. The van der Waals surface area contributed by atoms with Crippen molar-refractivity contribution in [2.24, 2.45) is 0 Å². The fraction of sp³-hybridized carbons (Fsp3) is 0.130. The molecule has 0 fully saturated rings. The van der Waals surface area contributed by atoms with Gasteiger partial charge in [-0.3, -0.25) is 9.59 Å². The number of rotatable bonds is 8. The van der Waals surface area contributed by atoms with Crippen molar-refractivity contribution in [1.82, 2.24) is 10.6 Å². The maximum atomic E-state index is 12.2. The first kappa shape index (κ1) is 20.6. The summed E-state index contributed by atoms with van der Waals surface area (Å²) in [5.41, 5.74) is 3.15. The van der Waals surface area contributed by atoms with Gasteiger partial charge in [-0.2, -0.15) is 0 Å². The quantitative estimate of drug-likeness (QED) is 0.528. The minimum Gasteiger partial charge on any atom is -0.348 e. The standard InChI is InChI=1S/C23H22ClN3O2/c24-21-9-5-4-8-19(21)15-25-16-22(28)27-20-12-10-18(11-13-20)23(29)26-14-17-6-2-1-3-7-17/h1-13,25H,14-16H2,(H,26,29)(H,27,28). The molecular weight excluding hydrogens is 386 g/mol. The van der Waals surface area contributed by atoms with Gasteiger partial charge in [0.2, 0.25) is 5.91 Å². The molecule has 0 aliphatic heterocycles. The second-order valence-corrected chi connectivity index (χ2v) is 6.90. The molecule has 0 aromatic heterocycles. The molecule has 0 bridgehead atoms. The molecule has 0 radical (unpaired) electrons. The van der Waals surface area contributed by atoms with E-state index < -0.39 is 0 Å². The topological polar surface area (TPSA) is 70.2 Å². The molecule has 0 atom stereocenters. The molecule has 3 aromatic rings. The van der Waals surface area contributed by atoms with Gasteiger partial charge in [0.05, 0.1) is 6.54 Å². The molecule has 3 N–H and O–H groups in total. The molecule has 3 rings (SSSR count). The van der Waals surface area contributed by atoms with Gasteiger partial charge in [0.1, 0.15) is 0 Å². The van der Waals surface area contributed by atoms with Gasteiger partial charge < -0.3 is 16.0 Å². The monoisotopic (exact) mass is 407 g/mol. The molecule has 3 aromatic carbocycles. The van der Waals surface area contributed by atoms with Gasteiger partial charge in [0.15, 0.2) is 0 Å². The summed E-state index contributed by atoms with van der Waals surface area (Å²) in [5, 5.41) is 9.41. The van der Waals surface area contributed by atoms with Crippen LogP contribution in [-0.4, -0.2) is 18.4 Å². The zero-order valence-corrected chi connectivity index (χ0v) is 16.6. The van der Waals surface area contributed by atoms with E-state index in [1.165, 1.54) is 0 Å². The second kappa shape index (κ2) is 10.4. The van der Waals surface area contributed by atoms with E-state index in [1.54, 1.807) is 24.3 Å². The lowest BCUT2D eigenvalue weighted by atomic mass is 10.1. The molecule has 29 heavy (non-hydrogen) atoms. The van der Waals surface area contributed by atoms with E-state index in [0.29, 0.717) is 29.4 Å². The third-order valence-electron chi connectivity index (χ3n) is 4.29. The summed E-state index contributed by atoms with van der Waals surface area (Å²) in [5.74, 6) is -0.327. The SMILES string of the molecule is O=C(CNCc1ccccc1Cl)Nc1ccc(C(=O)NCc2ccccc2)cc1. The lowest BCUT2D eigenvalue weighted by Crippen LogP contribution is -2.27. The number of nitrogens with one attached hydrogen (secondary N) is 3. The van der Waals surface area contributed by atoms with E-state index in [2.05, 4.69) is 16.0 Å². The summed E-state index contributed by atoms with van der Waals surface area (Å²) in [4.78, 5) is 24.3. The van der Waals surface area contributed by atoms with Crippen LogP contribution in [0.15, 0.2) is 78.9 Å². The summed E-state index contributed by atoms with van der Waals surface area (Å²) >= 11 is 6.09. The van der Waals surface area contributed by atoms with E-state index >= 15 is 0 Å². The normalized spacial score (nSPS) is 10.4. The highest BCUT2D eigenvalue weighted by Gasteiger charge is 2.07. The maximum Gasteiger partial charge on any atom is 0.251 e. The van der Waals surface area contributed by atoms with Crippen LogP contribution in [0.2, 0.25) is 5.02 Å². The molecule has 2 amide bonds. The highest BCUT2D eigenvalue weighted by molar-refractivity contribution is 6.31. The van der Waals surface area contributed by atoms with Gasteiger partial charge in [-0.15, -0.1) is 0 Å². The molecule has 5 nitrogen and oxygen atoms in total. The average molecular weight is 408 g/mol. The first-order valence-corrected chi connectivity index (χ1v) is 9.66. The van der Waals surface area contributed by atoms with Crippen molar-refractivity contribution < 1.29 is 9.59 Å². The average Bonchev–Trinajstić information content (AvgIpc) is 2.75. The summed E-state index contributed by atoms with van der Waals surface area (Å²) in [7, 11) is 0. The molecule has 0 heterocycles. The lowest BCUT2D eigenvalue weighted by Gasteiger charge is -2.09. The fourth-order valence-electron chi connectivity index (χ4n) is 2.74. The van der Waals surface area contributed by atoms with Crippen LogP contribution in [0.25, 0.3) is 0 Å². The molecule has 0 saturated heterocycles. The molecule has 148 valence electrons. The fourth-order valence-corrected chi connectivity index (χ4v) is 2.95. The minimum atomic E-state index is -0.168. The smallest absolute Gasteiger partial charge is 0.251 e. The zero-order valence-electron chi connectivity index (χ0n) is 15.8. The number of carbonyl (C=O) groups excluding carboxylic acids is 2. The first-order chi connectivity index (χ1) is 14.1. The summed E-state index contributed by atoms with van der Waals surface area (Å²) in [6, 6.07) is 24.0. The van der Waals surface area contributed by atoms with Crippen molar-refractivity contribution in [1.29, 1.82) is 0 Å². The Morgan fingerprint density at radius 3 is 2.21 bits per heavy atom. The second-order valence-electron chi connectivity index (χ2n) is 6.49. The van der Waals surface area contributed by atoms with E-state index in [4.69, 9.17) is 11.6 Å². The van der Waals surface area contributed by atoms with Gasteiger partial charge in [0.25, 0.3) is 5.91 Å². The predicted molar refractivity (Wildman–Crippen MR) is 116 cm³/mol. The van der Waals surface area contributed by atoms with Crippen LogP contribution in [-0.2, 0) is 17.9 Å². The van der Waals surface area contributed by atoms with Crippen LogP contribution in [0.1, 0.15) is 21.5 Å². The van der Waals surface area contributed by atoms with Crippen LogP contribution in [0, 0.1) is 0 Å². The number of halogens is 1. The van der Waals surface area contributed by atoms with Crippen molar-refractivity contribution in [2.75, 3.05) is 11.9 Å². The Morgan fingerprint density at radius 2 is 1.48 bits per heavy atom. The number of carbonyl (C=O) groups is 2. The van der Waals surface area contributed by atoms with Crippen molar-refractivity contribution in [3.05, 3.63) is 101 Å². The van der Waals surface area contributed by atoms with Gasteiger partial charge in [-0.25, -0.2) is 0 Å². The van der Waals surface area contributed by atoms with E-state index in [0.717, 1.165) is 11.1 Å². The maximum absolute atomic E-state index is 12.2. The lowest BCUT2D eigenvalue weighted by molar-refractivity contribution is -0.115. The Bertz CT molecular complexity index is 959. The largest absolute Gasteiger partial charge is 0.348 e. The first-order valence-electron chi connectivity index (χ1n) is 9.28. The van der Waals surface area contributed by atoms with Crippen LogP contribution >= 0.6 is 11.6 Å². The van der Waals surface area contributed by atoms with Crippen molar-refractivity contribution >= 4 is 29.1 Å². The number of benzene rings is 3. The summed E-state index contributed by atoms with van der Waals surface area (Å²) < 4.78 is 0. The van der Waals surface area contributed by atoms with E-state index in [1.807, 2.05) is 54.6 Å². The Morgan fingerprint density at radius 1 is 0.793 bits per heavy atom. The van der Waals surface area contributed by atoms with Crippen LogP contribution < -0.4 is 16.0 Å². The zero-order chi connectivity index (χ0) is 20.5. The number of anilines is 1. The molecule has 0 aliphatic rings. The van der Waals surface area contributed by atoms with Crippen LogP contribution in [0.3, 0.4) is 0 Å². The number of hydrogen-bond donors (Lipinski definition) is 3. The highest BCUT2D eigenvalue weighted by Crippen LogP contribution is 2.14. The Balaban J connectivity index is 1.44. The number of hydrogen-bond acceptors (Lipinski definition) is 3. The summed E-state index contributed by atoms with van der Waals surface area (Å²) in [6.45, 7) is 1.13. The molecule has 0 unspecified atom stereocenters. The molecule has 6 heteroatoms. The Kier molecular flexibility index (Phi) is 7.39. The van der Waals surface area contributed by atoms with Gasteiger partial charge >= 0.3 is 0 Å². The van der Waals surface area contributed by atoms with E-state index in [-0.39, 0.29) is 18.4 Å². The highest BCUT2D eigenvalue weighted by atomic mass is 35.5. The predicted octanol–water partition coefficient (Wildman–Crippen LogP) is 4.00. The third kappa shape index (κ3) is 6.45. The molecule has 0 spiro atoms. The van der Waals surface area contributed by atoms with Crippen molar-refractivity contribution in [3.63, 3.8) is 0 Å². The van der Waals surface area contributed by atoms with E-state index in [9.17, 15) is 9.59 Å². The van der Waals surface area contributed by atoms with Crippen LogP contribution in [0.4, 0.5) is 5.69 Å². The van der Waals surface area contributed by atoms with Crippen molar-refractivity contribution in [2.45, 2.75) is 13.1 Å². The van der Waals surface area contributed by atoms with Crippen molar-refractivity contribution in [3.8, 4) is 0 Å². The minimum absolute atomic E-state index is 0.157. The van der Waals surface area contributed by atoms with Gasteiger partial charge in [-0.05, 0) is 41.5 Å². The third-order valence-corrected chi connectivity index (χ3v) is 4.65. The molecule has 0 aliphatic carbocycles. The summed E-state index contributed by atoms with van der Waals surface area (Å²) in [6.07, 6.45) is 0. The Hall–Kier alpha value is -3.15. The van der Waals surface area contributed by atoms with Gasteiger partial charge in [-0.1, -0.05) is 60.1 Å². The van der Waals surface area contributed by atoms with Gasteiger partial charge in [0, 0.05) is 29.4 Å².